The highest BCUT2D eigenvalue weighted by Gasteiger charge is 2.37. The van der Waals surface area contributed by atoms with Gasteiger partial charge in [0.05, 0.1) is 5.69 Å². The summed E-state index contributed by atoms with van der Waals surface area (Å²) in [5.41, 5.74) is 0.687. The van der Waals surface area contributed by atoms with Gasteiger partial charge < -0.3 is 15.7 Å². The van der Waals surface area contributed by atoms with Gasteiger partial charge in [0.15, 0.2) is 0 Å². The Morgan fingerprint density at radius 3 is 2.63 bits per heavy atom. The molecule has 0 heterocycles. The Bertz CT molecular complexity index is 489. The van der Waals surface area contributed by atoms with Gasteiger partial charge in [0.1, 0.15) is 6.04 Å². The summed E-state index contributed by atoms with van der Waals surface area (Å²) in [6, 6.07) is 6.14. The van der Waals surface area contributed by atoms with Gasteiger partial charge in [-0.2, -0.15) is 0 Å². The molecule has 1 aromatic carbocycles. The van der Waals surface area contributed by atoms with Crippen LogP contribution in [0.15, 0.2) is 29.2 Å². The monoisotopic (exact) mass is 280 g/mol. The maximum atomic E-state index is 11.8. The zero-order valence-corrected chi connectivity index (χ0v) is 11.4. The Balaban J connectivity index is 1.98. The molecular weight excluding hydrogens is 264 g/mol. The number of carboxylic acids is 1. The number of benzene rings is 1. The van der Waals surface area contributed by atoms with E-state index >= 15 is 0 Å². The zero-order chi connectivity index (χ0) is 13.8. The second kappa shape index (κ2) is 5.97. The number of hydrogen-bond donors (Lipinski definition) is 3. The number of urea groups is 1. The van der Waals surface area contributed by atoms with E-state index in [0.717, 1.165) is 17.7 Å². The van der Waals surface area contributed by atoms with Crippen LogP contribution in [0, 0.1) is 5.92 Å². The Kier molecular flexibility index (Phi) is 4.31. The molecule has 0 bridgehead atoms. The van der Waals surface area contributed by atoms with Crippen molar-refractivity contribution in [2.24, 2.45) is 5.92 Å². The molecule has 0 aliphatic heterocycles. The Hall–Kier alpha value is -1.69. The van der Waals surface area contributed by atoms with Gasteiger partial charge in [-0.25, -0.2) is 9.59 Å². The molecule has 1 aromatic rings. The average Bonchev–Trinajstić information content (AvgIpc) is 3.20. The van der Waals surface area contributed by atoms with Crippen molar-refractivity contribution in [1.29, 1.82) is 0 Å². The van der Waals surface area contributed by atoms with Crippen LogP contribution in [0.1, 0.15) is 12.8 Å². The Morgan fingerprint density at radius 1 is 1.37 bits per heavy atom. The molecule has 1 aliphatic rings. The molecule has 19 heavy (non-hydrogen) atoms. The minimum atomic E-state index is -0.976. The summed E-state index contributed by atoms with van der Waals surface area (Å²) >= 11 is 1.52. The number of rotatable bonds is 5. The number of carboxylic acid groups (broad SMARTS) is 1. The fourth-order valence-corrected chi connectivity index (χ4v) is 2.41. The molecule has 1 atom stereocenters. The van der Waals surface area contributed by atoms with Gasteiger partial charge in [0.2, 0.25) is 0 Å². The number of carbonyl (C=O) groups excluding carboxylic acids is 1. The third-order valence-corrected chi connectivity index (χ3v) is 3.80. The van der Waals surface area contributed by atoms with Crippen molar-refractivity contribution in [3.05, 3.63) is 24.3 Å². The van der Waals surface area contributed by atoms with E-state index in [1.807, 2.05) is 24.5 Å². The van der Waals surface area contributed by atoms with E-state index in [-0.39, 0.29) is 5.92 Å². The number of hydrogen-bond acceptors (Lipinski definition) is 3. The second-order valence-electron chi connectivity index (χ2n) is 4.45. The molecule has 0 radical (unpaired) electrons. The van der Waals surface area contributed by atoms with Crippen LogP contribution in [0.25, 0.3) is 0 Å². The standard InChI is InChI=1S/C13H16N2O3S/c1-19-10-5-3-2-4-9(10)14-13(18)15-11(12(16)17)8-6-7-8/h2-5,8,11H,6-7H2,1H3,(H,16,17)(H2,14,15,18). The molecular formula is C13H16N2O3S. The molecule has 5 nitrogen and oxygen atoms in total. The van der Waals surface area contributed by atoms with Crippen molar-refractivity contribution in [3.63, 3.8) is 0 Å². The minimum absolute atomic E-state index is 0.0686. The highest BCUT2D eigenvalue weighted by Crippen LogP contribution is 2.33. The molecule has 0 saturated heterocycles. The molecule has 6 heteroatoms. The van der Waals surface area contributed by atoms with Gasteiger partial charge in [0.25, 0.3) is 0 Å². The fraction of sp³-hybridized carbons (Fsp3) is 0.385. The van der Waals surface area contributed by atoms with E-state index < -0.39 is 18.0 Å². The molecule has 2 amide bonds. The first-order chi connectivity index (χ1) is 9.11. The predicted molar refractivity (Wildman–Crippen MR) is 74.5 cm³/mol. The molecule has 2 rings (SSSR count). The summed E-state index contributed by atoms with van der Waals surface area (Å²) in [5.74, 6) is -0.908. The number of amides is 2. The van der Waals surface area contributed by atoms with Crippen LogP contribution < -0.4 is 10.6 Å². The first-order valence-corrected chi connectivity index (χ1v) is 7.27. The average molecular weight is 280 g/mol. The van der Waals surface area contributed by atoms with E-state index in [9.17, 15) is 9.59 Å². The van der Waals surface area contributed by atoms with Crippen LogP contribution >= 0.6 is 11.8 Å². The number of thioether (sulfide) groups is 1. The van der Waals surface area contributed by atoms with Crippen LogP contribution in [-0.2, 0) is 4.79 Å². The summed E-state index contributed by atoms with van der Waals surface area (Å²) in [4.78, 5) is 23.8. The van der Waals surface area contributed by atoms with E-state index in [4.69, 9.17) is 5.11 Å². The number of para-hydroxylation sites is 1. The van der Waals surface area contributed by atoms with E-state index in [1.165, 1.54) is 11.8 Å². The van der Waals surface area contributed by atoms with E-state index in [0.29, 0.717) is 5.69 Å². The van der Waals surface area contributed by atoms with Gasteiger partial charge in [-0.05, 0) is 37.1 Å². The number of anilines is 1. The largest absolute Gasteiger partial charge is 0.480 e. The van der Waals surface area contributed by atoms with Crippen molar-refractivity contribution < 1.29 is 14.7 Å². The van der Waals surface area contributed by atoms with E-state index in [2.05, 4.69) is 10.6 Å². The van der Waals surface area contributed by atoms with Crippen LogP contribution in [0.5, 0.6) is 0 Å². The molecule has 0 spiro atoms. The normalized spacial score (nSPS) is 15.6. The van der Waals surface area contributed by atoms with Crippen molar-refractivity contribution in [1.82, 2.24) is 5.32 Å². The van der Waals surface area contributed by atoms with Crippen molar-refractivity contribution >= 4 is 29.4 Å². The highest BCUT2D eigenvalue weighted by molar-refractivity contribution is 7.98. The predicted octanol–water partition coefficient (Wildman–Crippen LogP) is 2.39. The van der Waals surface area contributed by atoms with Crippen LogP contribution in [0.4, 0.5) is 10.5 Å². The number of aliphatic carboxylic acids is 1. The topological polar surface area (TPSA) is 78.4 Å². The van der Waals surface area contributed by atoms with Crippen LogP contribution in [0.2, 0.25) is 0 Å². The molecule has 1 aliphatic carbocycles. The summed E-state index contributed by atoms with van der Waals surface area (Å²) < 4.78 is 0. The summed E-state index contributed by atoms with van der Waals surface area (Å²) in [6.07, 6.45) is 3.64. The summed E-state index contributed by atoms with van der Waals surface area (Å²) in [6.45, 7) is 0. The highest BCUT2D eigenvalue weighted by atomic mass is 32.2. The molecule has 1 fully saturated rings. The van der Waals surface area contributed by atoms with Gasteiger partial charge in [-0.3, -0.25) is 0 Å². The van der Waals surface area contributed by atoms with Crippen molar-refractivity contribution in [2.45, 2.75) is 23.8 Å². The SMILES string of the molecule is CSc1ccccc1NC(=O)NC(C(=O)O)C1CC1. The summed E-state index contributed by atoms with van der Waals surface area (Å²) in [7, 11) is 0. The smallest absolute Gasteiger partial charge is 0.326 e. The fourth-order valence-electron chi connectivity index (χ4n) is 1.86. The first-order valence-electron chi connectivity index (χ1n) is 6.05. The summed E-state index contributed by atoms with van der Waals surface area (Å²) in [5, 5.41) is 14.3. The van der Waals surface area contributed by atoms with Gasteiger partial charge in [0, 0.05) is 4.90 Å². The second-order valence-corrected chi connectivity index (χ2v) is 5.30. The minimum Gasteiger partial charge on any atom is -0.480 e. The lowest BCUT2D eigenvalue weighted by Crippen LogP contribution is -2.44. The van der Waals surface area contributed by atoms with Gasteiger partial charge in [-0.15, -0.1) is 11.8 Å². The third kappa shape index (κ3) is 3.64. The van der Waals surface area contributed by atoms with E-state index in [1.54, 1.807) is 6.07 Å². The lowest BCUT2D eigenvalue weighted by molar-refractivity contribution is -0.139. The first kappa shape index (κ1) is 13.7. The van der Waals surface area contributed by atoms with Crippen molar-refractivity contribution in [3.8, 4) is 0 Å². The lowest BCUT2D eigenvalue weighted by Gasteiger charge is -2.15. The molecule has 102 valence electrons. The van der Waals surface area contributed by atoms with Crippen LogP contribution in [0.3, 0.4) is 0 Å². The Morgan fingerprint density at radius 2 is 2.05 bits per heavy atom. The molecule has 1 unspecified atom stereocenters. The lowest BCUT2D eigenvalue weighted by atomic mass is 10.2. The van der Waals surface area contributed by atoms with Gasteiger partial charge in [-0.1, -0.05) is 12.1 Å². The Labute approximate surface area is 115 Å². The molecule has 0 aromatic heterocycles. The number of nitrogens with one attached hydrogen (secondary N) is 2. The van der Waals surface area contributed by atoms with Crippen molar-refractivity contribution in [2.75, 3.05) is 11.6 Å². The van der Waals surface area contributed by atoms with Crippen LogP contribution in [-0.4, -0.2) is 29.4 Å². The maximum absolute atomic E-state index is 11.8. The molecule has 3 N–H and O–H groups in total. The molecule has 1 saturated carbocycles. The number of carbonyl (C=O) groups is 2. The zero-order valence-electron chi connectivity index (χ0n) is 10.6. The third-order valence-electron chi connectivity index (χ3n) is 3.00. The quantitative estimate of drug-likeness (QED) is 0.724. The van der Waals surface area contributed by atoms with Gasteiger partial charge >= 0.3 is 12.0 Å². The maximum Gasteiger partial charge on any atom is 0.326 e.